The topological polar surface area (TPSA) is 68.1 Å². The zero-order chi connectivity index (χ0) is 15.2. The van der Waals surface area contributed by atoms with Gasteiger partial charge in [-0.1, -0.05) is 60.7 Å². The molecular weight excluding hydrogens is 280 g/mol. The van der Waals surface area contributed by atoms with E-state index in [0.29, 0.717) is 0 Å². The molecule has 0 bridgehead atoms. The number of carbonyl (C=O) groups excluding carboxylic acids is 2. The van der Waals surface area contributed by atoms with Crippen molar-refractivity contribution in [3.05, 3.63) is 71.8 Å². The molecule has 0 aromatic heterocycles. The number of azo groups is 1. The molecule has 0 unspecified atom stereocenters. The molecule has 5 nitrogen and oxygen atoms in total. The number of cyclic esters (lactones) is 2. The van der Waals surface area contributed by atoms with Gasteiger partial charge in [0.1, 0.15) is 11.5 Å². The summed E-state index contributed by atoms with van der Waals surface area (Å²) in [5, 5.41) is 8.46. The SMILES string of the molecule is O=C1OC(=O)[C@@H]2[C@@H]1N=NC2(c1ccccc1)c1ccccc1. The summed E-state index contributed by atoms with van der Waals surface area (Å²) in [5.74, 6) is -1.93. The molecule has 0 saturated carbocycles. The lowest BCUT2D eigenvalue weighted by atomic mass is 9.72. The first-order chi connectivity index (χ1) is 10.7. The Hall–Kier alpha value is -2.82. The highest BCUT2D eigenvalue weighted by molar-refractivity contribution is 6.00. The number of carbonyl (C=O) groups is 2. The van der Waals surface area contributed by atoms with E-state index in [0.717, 1.165) is 11.1 Å². The lowest BCUT2D eigenvalue weighted by Gasteiger charge is -2.29. The number of benzene rings is 2. The predicted octanol–water partition coefficient (Wildman–Crippen LogP) is 2.46. The first-order valence-electron chi connectivity index (χ1n) is 7.02. The van der Waals surface area contributed by atoms with Gasteiger partial charge in [0.15, 0.2) is 6.04 Å². The lowest BCUT2D eigenvalue weighted by Crippen LogP contribution is -2.38. The molecule has 1 saturated heterocycles. The largest absolute Gasteiger partial charge is 0.391 e. The second kappa shape index (κ2) is 4.59. The van der Waals surface area contributed by atoms with Gasteiger partial charge in [-0.3, -0.25) is 4.79 Å². The minimum absolute atomic E-state index is 0.562. The van der Waals surface area contributed by atoms with Gasteiger partial charge in [0.05, 0.1) is 0 Å². The van der Waals surface area contributed by atoms with Crippen molar-refractivity contribution in [1.82, 2.24) is 0 Å². The first-order valence-corrected chi connectivity index (χ1v) is 7.02. The Labute approximate surface area is 126 Å². The summed E-state index contributed by atoms with van der Waals surface area (Å²) in [6.45, 7) is 0. The molecule has 0 spiro atoms. The van der Waals surface area contributed by atoms with Gasteiger partial charge in [-0.05, 0) is 11.1 Å². The van der Waals surface area contributed by atoms with Gasteiger partial charge in [0.2, 0.25) is 0 Å². The number of fused-ring (bicyclic) bond motifs is 1. The van der Waals surface area contributed by atoms with Gasteiger partial charge < -0.3 is 4.74 Å². The number of ether oxygens (including phenoxy) is 1. The zero-order valence-corrected chi connectivity index (χ0v) is 11.5. The molecule has 0 radical (unpaired) electrons. The van der Waals surface area contributed by atoms with E-state index < -0.39 is 29.4 Å². The standard InChI is InChI=1S/C17H12N2O3/c20-15-13-14(16(21)22-15)18-19-17(13,11-7-3-1-4-8-11)12-9-5-2-6-10-12/h1-10,13-14H/t13-,14-/m0/s1. The van der Waals surface area contributed by atoms with Crippen molar-refractivity contribution >= 4 is 11.9 Å². The van der Waals surface area contributed by atoms with Crippen LogP contribution in [0.2, 0.25) is 0 Å². The maximum Gasteiger partial charge on any atom is 0.341 e. The van der Waals surface area contributed by atoms with Crippen molar-refractivity contribution in [2.24, 2.45) is 16.1 Å². The summed E-state index contributed by atoms with van der Waals surface area (Å²) in [5.41, 5.74) is 0.643. The first kappa shape index (κ1) is 12.9. The van der Waals surface area contributed by atoms with E-state index in [9.17, 15) is 9.59 Å². The van der Waals surface area contributed by atoms with E-state index in [-0.39, 0.29) is 0 Å². The predicted molar refractivity (Wildman–Crippen MR) is 76.9 cm³/mol. The van der Waals surface area contributed by atoms with Crippen LogP contribution >= 0.6 is 0 Å². The fraction of sp³-hybridized carbons (Fsp3) is 0.176. The minimum Gasteiger partial charge on any atom is -0.391 e. The quantitative estimate of drug-likeness (QED) is 0.630. The van der Waals surface area contributed by atoms with Crippen molar-refractivity contribution in [1.29, 1.82) is 0 Å². The van der Waals surface area contributed by atoms with E-state index in [4.69, 9.17) is 4.74 Å². The van der Waals surface area contributed by atoms with Crippen LogP contribution in [0.1, 0.15) is 11.1 Å². The Morgan fingerprint density at radius 3 is 1.91 bits per heavy atom. The fourth-order valence-corrected chi connectivity index (χ4v) is 3.24. The van der Waals surface area contributed by atoms with Crippen LogP contribution in [0.15, 0.2) is 70.9 Å². The van der Waals surface area contributed by atoms with Crippen molar-refractivity contribution in [2.75, 3.05) is 0 Å². The van der Waals surface area contributed by atoms with Crippen LogP contribution in [0, 0.1) is 5.92 Å². The smallest absolute Gasteiger partial charge is 0.341 e. The van der Waals surface area contributed by atoms with Crippen molar-refractivity contribution in [2.45, 2.75) is 11.6 Å². The van der Waals surface area contributed by atoms with Gasteiger partial charge in [-0.2, -0.15) is 10.2 Å². The Bertz CT molecular complexity index is 732. The molecule has 22 heavy (non-hydrogen) atoms. The lowest BCUT2D eigenvalue weighted by molar-refractivity contribution is -0.154. The van der Waals surface area contributed by atoms with Gasteiger partial charge in [0.25, 0.3) is 0 Å². The number of nitrogens with zero attached hydrogens (tertiary/aromatic N) is 2. The van der Waals surface area contributed by atoms with Crippen LogP contribution in [0.3, 0.4) is 0 Å². The Balaban J connectivity index is 1.98. The maximum absolute atomic E-state index is 12.3. The van der Waals surface area contributed by atoms with Crippen LogP contribution in [0.4, 0.5) is 0 Å². The van der Waals surface area contributed by atoms with Gasteiger partial charge >= 0.3 is 11.9 Å². The minimum atomic E-state index is -1.00. The summed E-state index contributed by atoms with van der Waals surface area (Å²) >= 11 is 0. The third kappa shape index (κ3) is 1.59. The van der Waals surface area contributed by atoms with E-state index in [2.05, 4.69) is 10.2 Å². The number of esters is 2. The van der Waals surface area contributed by atoms with Crippen molar-refractivity contribution in [3.63, 3.8) is 0 Å². The van der Waals surface area contributed by atoms with E-state index in [1.54, 1.807) is 0 Å². The van der Waals surface area contributed by atoms with E-state index in [1.807, 2.05) is 60.7 Å². The fourth-order valence-electron chi connectivity index (χ4n) is 3.24. The number of hydrogen-bond donors (Lipinski definition) is 0. The maximum atomic E-state index is 12.3. The Morgan fingerprint density at radius 1 is 0.818 bits per heavy atom. The molecule has 2 atom stereocenters. The molecule has 0 N–H and O–H groups in total. The summed E-state index contributed by atoms with van der Waals surface area (Å²) in [6, 6.07) is 18.0. The van der Waals surface area contributed by atoms with Crippen LogP contribution in [0.25, 0.3) is 0 Å². The van der Waals surface area contributed by atoms with Gasteiger partial charge in [-0.15, -0.1) is 0 Å². The Morgan fingerprint density at radius 2 is 1.36 bits per heavy atom. The molecule has 5 heteroatoms. The summed E-state index contributed by atoms with van der Waals surface area (Å²) in [6.07, 6.45) is 0. The molecule has 2 aliphatic rings. The molecule has 2 heterocycles. The van der Waals surface area contributed by atoms with Crippen molar-refractivity contribution in [3.8, 4) is 0 Å². The van der Waals surface area contributed by atoms with Crippen LogP contribution in [0.5, 0.6) is 0 Å². The molecule has 2 aromatic carbocycles. The van der Waals surface area contributed by atoms with Gasteiger partial charge in [0, 0.05) is 0 Å². The highest BCUT2D eigenvalue weighted by Crippen LogP contribution is 2.50. The van der Waals surface area contributed by atoms with Crippen LogP contribution in [-0.4, -0.2) is 18.0 Å². The van der Waals surface area contributed by atoms with E-state index >= 15 is 0 Å². The van der Waals surface area contributed by atoms with Gasteiger partial charge in [-0.25, -0.2) is 4.79 Å². The normalized spacial score (nSPS) is 25.1. The molecular formula is C17H12N2O3. The summed E-state index contributed by atoms with van der Waals surface area (Å²) in [4.78, 5) is 24.1. The molecule has 4 rings (SSSR count). The van der Waals surface area contributed by atoms with E-state index in [1.165, 1.54) is 0 Å². The third-order valence-electron chi connectivity index (χ3n) is 4.23. The second-order valence-electron chi connectivity index (χ2n) is 5.38. The highest BCUT2D eigenvalue weighted by atomic mass is 16.6. The summed E-state index contributed by atoms with van der Waals surface area (Å²) in [7, 11) is 0. The molecule has 2 aromatic rings. The number of rotatable bonds is 2. The van der Waals surface area contributed by atoms with Crippen LogP contribution < -0.4 is 0 Å². The molecule has 1 fully saturated rings. The molecule has 0 aliphatic carbocycles. The average molecular weight is 292 g/mol. The van der Waals surface area contributed by atoms with Crippen molar-refractivity contribution < 1.29 is 14.3 Å². The molecule has 2 aliphatic heterocycles. The summed E-state index contributed by atoms with van der Waals surface area (Å²) < 4.78 is 4.79. The average Bonchev–Trinajstić information content (AvgIpc) is 3.10. The molecule has 108 valence electrons. The highest BCUT2D eigenvalue weighted by Gasteiger charge is 2.62. The monoisotopic (exact) mass is 292 g/mol. The zero-order valence-electron chi connectivity index (χ0n) is 11.5. The third-order valence-corrected chi connectivity index (χ3v) is 4.23. The molecule has 0 amide bonds. The number of hydrogen-bond acceptors (Lipinski definition) is 5. The second-order valence-corrected chi connectivity index (χ2v) is 5.38. The van der Waals surface area contributed by atoms with Crippen LogP contribution in [-0.2, 0) is 19.9 Å². The Kier molecular flexibility index (Phi) is 2.69.